The third-order valence-corrected chi connectivity index (χ3v) is 7.99. The minimum Gasteiger partial charge on any atom is -0.352 e. The van der Waals surface area contributed by atoms with Crippen LogP contribution in [-0.2, 0) is 11.2 Å². The van der Waals surface area contributed by atoms with Crippen LogP contribution < -0.4 is 5.32 Å². The Kier molecular flexibility index (Phi) is 5.68. The molecule has 2 aromatic rings. The molecule has 0 spiro atoms. The average molecular weight is 488 g/mol. The number of halogens is 4. The molecule has 1 fully saturated rings. The van der Waals surface area contributed by atoms with Gasteiger partial charge in [0, 0.05) is 23.3 Å². The van der Waals surface area contributed by atoms with Gasteiger partial charge in [0.15, 0.2) is 0 Å². The monoisotopic (exact) mass is 487 g/mol. The molecule has 1 aromatic heterocycles. The standard InChI is InChI=1S/C27H29F4N3O/c1-15(2)25(35)33-24-20-9-4-17-12-23-16(14-32-34(23)19-7-5-18(28)6-8-19)13-26(17,3)21(20)10-11-22(24)27(29,30)31/h5-8,10,12,14-15,20,22,24H,4,9,11,13H2,1-3H3,(H,33,35)/t20-,22+,24+,26-/m0/s1. The van der Waals surface area contributed by atoms with E-state index in [1.165, 1.54) is 12.1 Å². The van der Waals surface area contributed by atoms with Crippen LogP contribution in [0.3, 0.4) is 0 Å². The van der Waals surface area contributed by atoms with Crippen molar-refractivity contribution in [1.82, 2.24) is 15.1 Å². The predicted molar refractivity (Wildman–Crippen MR) is 125 cm³/mol. The Morgan fingerprint density at radius 1 is 1.23 bits per heavy atom. The summed E-state index contributed by atoms with van der Waals surface area (Å²) in [5.74, 6) is -3.01. The summed E-state index contributed by atoms with van der Waals surface area (Å²) in [7, 11) is 0. The van der Waals surface area contributed by atoms with E-state index in [0.717, 1.165) is 28.1 Å². The molecule has 0 radical (unpaired) electrons. The highest BCUT2D eigenvalue weighted by molar-refractivity contribution is 5.78. The molecule has 0 bridgehead atoms. The van der Waals surface area contributed by atoms with Crippen LogP contribution >= 0.6 is 0 Å². The van der Waals surface area contributed by atoms with Gasteiger partial charge in [-0.2, -0.15) is 18.3 Å². The van der Waals surface area contributed by atoms with Gasteiger partial charge in [-0.05, 0) is 61.6 Å². The van der Waals surface area contributed by atoms with E-state index < -0.39 is 23.6 Å². The van der Waals surface area contributed by atoms with Gasteiger partial charge in [-0.15, -0.1) is 0 Å². The van der Waals surface area contributed by atoms with Crippen LogP contribution in [0.5, 0.6) is 0 Å². The second-order valence-corrected chi connectivity index (χ2v) is 10.5. The lowest BCUT2D eigenvalue weighted by atomic mass is 9.55. The van der Waals surface area contributed by atoms with E-state index in [4.69, 9.17) is 0 Å². The zero-order valence-corrected chi connectivity index (χ0v) is 20.0. The van der Waals surface area contributed by atoms with E-state index in [1.807, 2.05) is 0 Å². The zero-order valence-electron chi connectivity index (χ0n) is 20.0. The molecule has 4 atom stereocenters. The summed E-state index contributed by atoms with van der Waals surface area (Å²) in [6, 6.07) is 5.17. The van der Waals surface area contributed by atoms with E-state index in [2.05, 4.69) is 23.4 Å². The molecule has 0 aliphatic heterocycles. The molecular formula is C27H29F4N3O. The van der Waals surface area contributed by atoms with E-state index in [0.29, 0.717) is 19.3 Å². The third kappa shape index (κ3) is 4.00. The lowest BCUT2D eigenvalue weighted by Gasteiger charge is -2.51. The van der Waals surface area contributed by atoms with Crippen LogP contribution in [0.1, 0.15) is 51.3 Å². The van der Waals surface area contributed by atoms with Crippen molar-refractivity contribution >= 4 is 12.0 Å². The Labute approximate surface area is 202 Å². The van der Waals surface area contributed by atoms with Crippen molar-refractivity contribution in [3.8, 4) is 5.69 Å². The first kappa shape index (κ1) is 23.8. The van der Waals surface area contributed by atoms with Crippen molar-refractivity contribution in [3.63, 3.8) is 0 Å². The van der Waals surface area contributed by atoms with E-state index in [1.54, 1.807) is 42.9 Å². The van der Waals surface area contributed by atoms with Crippen LogP contribution in [0.4, 0.5) is 17.6 Å². The first-order chi connectivity index (χ1) is 16.5. The highest BCUT2D eigenvalue weighted by Gasteiger charge is 2.54. The fourth-order valence-electron chi connectivity index (χ4n) is 6.10. The predicted octanol–water partition coefficient (Wildman–Crippen LogP) is 6.02. The number of nitrogens with one attached hydrogen (secondary N) is 1. The van der Waals surface area contributed by atoms with Gasteiger partial charge >= 0.3 is 6.18 Å². The molecule has 8 heteroatoms. The quantitative estimate of drug-likeness (QED) is 0.425. The lowest BCUT2D eigenvalue weighted by molar-refractivity contribution is -0.187. The fraction of sp³-hybridized carbons (Fsp3) is 0.481. The molecule has 1 amide bonds. The van der Waals surface area contributed by atoms with Crippen molar-refractivity contribution < 1.29 is 22.4 Å². The fourth-order valence-corrected chi connectivity index (χ4v) is 6.10. The van der Waals surface area contributed by atoms with E-state index >= 15 is 0 Å². The van der Waals surface area contributed by atoms with Crippen molar-refractivity contribution in [2.45, 2.75) is 58.7 Å². The minimum absolute atomic E-state index is 0.136. The zero-order chi connectivity index (χ0) is 25.1. The summed E-state index contributed by atoms with van der Waals surface area (Å²) in [5.41, 5.74) is 4.41. The summed E-state index contributed by atoms with van der Waals surface area (Å²) in [4.78, 5) is 12.5. The topological polar surface area (TPSA) is 46.9 Å². The van der Waals surface area contributed by atoms with Gasteiger partial charge in [0.25, 0.3) is 0 Å². The number of allylic oxidation sites excluding steroid dienone is 2. The van der Waals surface area contributed by atoms with Gasteiger partial charge in [-0.3, -0.25) is 4.79 Å². The normalized spacial score (nSPS) is 27.9. The summed E-state index contributed by atoms with van der Waals surface area (Å²) >= 11 is 0. The Balaban J connectivity index is 1.52. The molecule has 186 valence electrons. The van der Waals surface area contributed by atoms with Crippen molar-refractivity contribution in [3.05, 3.63) is 64.8 Å². The first-order valence-electron chi connectivity index (χ1n) is 12.1. The second-order valence-electron chi connectivity index (χ2n) is 10.5. The van der Waals surface area contributed by atoms with Crippen LogP contribution in [0.25, 0.3) is 11.8 Å². The molecule has 1 saturated carbocycles. The molecule has 0 saturated heterocycles. The molecule has 0 unspecified atom stereocenters. The van der Waals surface area contributed by atoms with Crippen molar-refractivity contribution in [1.29, 1.82) is 0 Å². The maximum absolute atomic E-state index is 14.0. The third-order valence-electron chi connectivity index (χ3n) is 7.99. The van der Waals surface area contributed by atoms with Gasteiger partial charge in [0.1, 0.15) is 5.82 Å². The van der Waals surface area contributed by atoms with Crippen molar-refractivity contribution in [2.24, 2.45) is 23.2 Å². The maximum atomic E-state index is 14.0. The molecule has 1 N–H and O–H groups in total. The Bertz CT molecular complexity index is 1210. The van der Waals surface area contributed by atoms with Gasteiger partial charge in [-0.1, -0.05) is 38.0 Å². The number of benzene rings is 1. The number of aromatic nitrogens is 2. The van der Waals surface area contributed by atoms with Crippen LogP contribution in [-0.4, -0.2) is 27.9 Å². The molecule has 3 aliphatic carbocycles. The summed E-state index contributed by atoms with van der Waals surface area (Å²) in [6.07, 6.45) is 2.97. The molecule has 5 rings (SSSR count). The highest BCUT2D eigenvalue weighted by atomic mass is 19.4. The SMILES string of the molecule is CC(C)C(=O)N[C@H]1[C@H](C(F)(F)F)CC=C2[C@@H]1CCC1=Cc3c(cnn3-c3ccc(F)cc3)C[C@@]12C. The van der Waals surface area contributed by atoms with Crippen LogP contribution in [0.15, 0.2) is 47.7 Å². The number of hydrogen-bond acceptors (Lipinski definition) is 2. The Morgan fingerprint density at radius 2 is 1.94 bits per heavy atom. The molecule has 1 aromatic carbocycles. The number of carbonyl (C=O) groups excluding carboxylic acids is 1. The lowest BCUT2D eigenvalue weighted by Crippen LogP contribution is -2.55. The molecule has 35 heavy (non-hydrogen) atoms. The number of nitrogens with zero attached hydrogens (tertiary/aromatic N) is 2. The van der Waals surface area contributed by atoms with Crippen LogP contribution in [0, 0.1) is 29.0 Å². The number of fused-ring (bicyclic) bond motifs is 4. The van der Waals surface area contributed by atoms with Gasteiger partial charge in [0.05, 0.1) is 23.5 Å². The average Bonchev–Trinajstić information content (AvgIpc) is 3.19. The molecule has 1 heterocycles. The number of alkyl halides is 3. The Hall–Kier alpha value is -2.90. The second kappa shape index (κ2) is 8.35. The minimum atomic E-state index is -4.38. The van der Waals surface area contributed by atoms with Gasteiger partial charge in [0.2, 0.25) is 5.91 Å². The maximum Gasteiger partial charge on any atom is 0.394 e. The summed E-state index contributed by atoms with van der Waals surface area (Å²) in [6.45, 7) is 5.49. The van der Waals surface area contributed by atoms with E-state index in [-0.39, 0.29) is 30.0 Å². The summed E-state index contributed by atoms with van der Waals surface area (Å²) < 4.78 is 57.2. The summed E-state index contributed by atoms with van der Waals surface area (Å²) in [5, 5.41) is 7.30. The number of hydrogen-bond donors (Lipinski definition) is 1. The molecule has 4 nitrogen and oxygen atoms in total. The number of rotatable bonds is 3. The van der Waals surface area contributed by atoms with Crippen molar-refractivity contribution in [2.75, 3.05) is 0 Å². The largest absolute Gasteiger partial charge is 0.394 e. The molecule has 3 aliphatic rings. The molecular weight excluding hydrogens is 458 g/mol. The smallest absolute Gasteiger partial charge is 0.352 e. The van der Waals surface area contributed by atoms with E-state index in [9.17, 15) is 22.4 Å². The van der Waals surface area contributed by atoms with Gasteiger partial charge < -0.3 is 5.32 Å². The Morgan fingerprint density at radius 3 is 2.60 bits per heavy atom. The first-order valence-corrected chi connectivity index (χ1v) is 12.1. The number of amides is 1. The highest BCUT2D eigenvalue weighted by Crippen LogP contribution is 2.57. The van der Waals surface area contributed by atoms with Crippen LogP contribution in [0.2, 0.25) is 0 Å². The number of carbonyl (C=O) groups is 1. The van der Waals surface area contributed by atoms with Gasteiger partial charge in [-0.25, -0.2) is 9.07 Å².